The summed E-state index contributed by atoms with van der Waals surface area (Å²) in [6.45, 7) is 2.04. The number of carbonyl (C=O) groups excluding carboxylic acids is 1. The van der Waals surface area contributed by atoms with Crippen molar-refractivity contribution in [3.8, 4) is 0 Å². The van der Waals surface area contributed by atoms with Crippen LogP contribution < -0.4 is 0 Å². The molecule has 2 heterocycles. The minimum absolute atomic E-state index is 0.150. The standard InChI is InChI=1S/C11H9ClN2O2/c1-2-16-11(15)8-5-7-6-13-4-3-9(7)14-10(8)12/h3-6H,2H2,1H3. The SMILES string of the molecule is CCOC(=O)c1cc2cnccc2nc1Cl. The highest BCUT2D eigenvalue weighted by Crippen LogP contribution is 2.20. The van der Waals surface area contributed by atoms with Crippen LogP contribution in [-0.4, -0.2) is 22.5 Å². The van der Waals surface area contributed by atoms with Crippen LogP contribution in [0.25, 0.3) is 10.9 Å². The van der Waals surface area contributed by atoms with E-state index in [4.69, 9.17) is 16.3 Å². The van der Waals surface area contributed by atoms with E-state index in [1.165, 1.54) is 0 Å². The van der Waals surface area contributed by atoms with E-state index in [9.17, 15) is 4.79 Å². The van der Waals surface area contributed by atoms with E-state index in [2.05, 4.69) is 9.97 Å². The van der Waals surface area contributed by atoms with E-state index in [0.717, 1.165) is 5.39 Å². The number of aromatic nitrogens is 2. The molecule has 82 valence electrons. The van der Waals surface area contributed by atoms with Crippen LogP contribution in [0.5, 0.6) is 0 Å². The minimum atomic E-state index is -0.467. The van der Waals surface area contributed by atoms with Gasteiger partial charge in [-0.3, -0.25) is 4.98 Å². The van der Waals surface area contributed by atoms with Crippen molar-refractivity contribution in [3.05, 3.63) is 35.2 Å². The summed E-state index contributed by atoms with van der Waals surface area (Å²) in [5, 5.41) is 0.909. The van der Waals surface area contributed by atoms with E-state index in [0.29, 0.717) is 12.1 Å². The summed E-state index contributed by atoms with van der Waals surface area (Å²) in [6.07, 6.45) is 3.25. The Kier molecular flexibility index (Phi) is 3.01. The molecule has 4 nitrogen and oxygen atoms in total. The van der Waals surface area contributed by atoms with Crippen molar-refractivity contribution in [2.45, 2.75) is 6.92 Å². The summed E-state index contributed by atoms with van der Waals surface area (Å²) in [5.41, 5.74) is 0.970. The summed E-state index contributed by atoms with van der Waals surface area (Å²) in [4.78, 5) is 19.6. The summed E-state index contributed by atoms with van der Waals surface area (Å²) < 4.78 is 4.87. The molecule has 0 atom stereocenters. The average Bonchev–Trinajstić information content (AvgIpc) is 2.28. The number of hydrogen-bond acceptors (Lipinski definition) is 4. The molecule has 0 N–H and O–H groups in total. The summed E-state index contributed by atoms with van der Waals surface area (Å²) in [5.74, 6) is -0.467. The molecule has 5 heteroatoms. The van der Waals surface area contributed by atoms with Gasteiger partial charge in [-0.15, -0.1) is 0 Å². The largest absolute Gasteiger partial charge is 0.462 e. The van der Waals surface area contributed by atoms with Crippen molar-refractivity contribution in [1.29, 1.82) is 0 Å². The van der Waals surface area contributed by atoms with Crippen LogP contribution in [0, 0.1) is 0 Å². The fraction of sp³-hybridized carbons (Fsp3) is 0.182. The Morgan fingerprint density at radius 2 is 2.38 bits per heavy atom. The third-order valence-electron chi connectivity index (χ3n) is 2.06. The number of pyridine rings is 2. The minimum Gasteiger partial charge on any atom is -0.462 e. The van der Waals surface area contributed by atoms with E-state index in [1.807, 2.05) is 0 Å². The maximum absolute atomic E-state index is 11.5. The predicted octanol–water partition coefficient (Wildman–Crippen LogP) is 2.46. The second kappa shape index (κ2) is 4.45. The molecule has 0 bridgehead atoms. The molecule has 0 spiro atoms. The number of fused-ring (bicyclic) bond motifs is 1. The lowest BCUT2D eigenvalue weighted by atomic mass is 10.2. The molecule has 0 saturated heterocycles. The molecule has 0 aromatic carbocycles. The number of ether oxygens (including phenoxy) is 1. The second-order valence-corrected chi connectivity index (χ2v) is 3.47. The van der Waals surface area contributed by atoms with Crippen LogP contribution in [-0.2, 0) is 4.74 Å². The van der Waals surface area contributed by atoms with Crippen molar-refractivity contribution in [1.82, 2.24) is 9.97 Å². The zero-order valence-electron chi connectivity index (χ0n) is 8.61. The lowest BCUT2D eigenvalue weighted by Gasteiger charge is -2.04. The number of carbonyl (C=O) groups is 1. The predicted molar refractivity (Wildman–Crippen MR) is 60.5 cm³/mol. The summed E-state index contributed by atoms with van der Waals surface area (Å²) >= 11 is 5.90. The molecular formula is C11H9ClN2O2. The van der Waals surface area contributed by atoms with Crippen molar-refractivity contribution < 1.29 is 9.53 Å². The highest BCUT2D eigenvalue weighted by molar-refractivity contribution is 6.32. The smallest absolute Gasteiger partial charge is 0.341 e. The molecule has 0 aliphatic carbocycles. The Morgan fingerprint density at radius 1 is 1.56 bits per heavy atom. The number of halogens is 1. The molecule has 2 aromatic heterocycles. The number of nitrogens with zero attached hydrogens (tertiary/aromatic N) is 2. The Balaban J connectivity index is 2.54. The molecule has 16 heavy (non-hydrogen) atoms. The van der Waals surface area contributed by atoms with Gasteiger partial charge in [-0.1, -0.05) is 11.6 Å². The average molecular weight is 237 g/mol. The second-order valence-electron chi connectivity index (χ2n) is 3.12. The molecule has 0 saturated carbocycles. The Labute approximate surface area is 97.2 Å². The first kappa shape index (κ1) is 10.8. The third kappa shape index (κ3) is 1.97. The normalized spacial score (nSPS) is 10.4. The van der Waals surface area contributed by atoms with E-state index in [1.54, 1.807) is 31.5 Å². The molecule has 2 aromatic rings. The molecule has 0 aliphatic heterocycles. The topological polar surface area (TPSA) is 52.1 Å². The molecule has 2 rings (SSSR count). The number of hydrogen-bond donors (Lipinski definition) is 0. The molecule has 0 radical (unpaired) electrons. The van der Waals surface area contributed by atoms with Gasteiger partial charge in [0.15, 0.2) is 0 Å². The van der Waals surface area contributed by atoms with Crippen molar-refractivity contribution in [2.75, 3.05) is 6.61 Å². The van der Waals surface area contributed by atoms with Gasteiger partial charge in [-0.05, 0) is 19.1 Å². The zero-order chi connectivity index (χ0) is 11.5. The molecule has 0 amide bonds. The first-order chi connectivity index (χ1) is 7.72. The fourth-order valence-corrected chi connectivity index (χ4v) is 1.57. The monoisotopic (exact) mass is 236 g/mol. The van der Waals surface area contributed by atoms with E-state index in [-0.39, 0.29) is 10.7 Å². The van der Waals surface area contributed by atoms with Crippen molar-refractivity contribution >= 4 is 28.5 Å². The van der Waals surface area contributed by atoms with E-state index < -0.39 is 5.97 Å². The molecule has 0 fully saturated rings. The van der Waals surface area contributed by atoms with Crippen molar-refractivity contribution in [3.63, 3.8) is 0 Å². The first-order valence-corrected chi connectivity index (χ1v) is 5.17. The quantitative estimate of drug-likeness (QED) is 0.594. The lowest BCUT2D eigenvalue weighted by Crippen LogP contribution is -2.06. The van der Waals surface area contributed by atoms with E-state index >= 15 is 0 Å². The van der Waals surface area contributed by atoms with Crippen LogP contribution in [0.15, 0.2) is 24.5 Å². The lowest BCUT2D eigenvalue weighted by molar-refractivity contribution is 0.0526. The summed E-state index contributed by atoms with van der Waals surface area (Å²) in [7, 11) is 0. The van der Waals surface area contributed by atoms with Gasteiger partial charge < -0.3 is 4.74 Å². The van der Waals surface area contributed by atoms with Crippen LogP contribution >= 0.6 is 11.6 Å². The van der Waals surface area contributed by atoms with Crippen LogP contribution in [0.1, 0.15) is 17.3 Å². The Hall–Kier alpha value is -1.68. The van der Waals surface area contributed by atoms with Gasteiger partial charge in [-0.25, -0.2) is 9.78 Å². The fourth-order valence-electron chi connectivity index (χ4n) is 1.35. The van der Waals surface area contributed by atoms with Crippen molar-refractivity contribution in [2.24, 2.45) is 0 Å². The van der Waals surface area contributed by atoms with Gasteiger partial charge in [0.2, 0.25) is 0 Å². The maximum atomic E-state index is 11.5. The van der Waals surface area contributed by atoms with Gasteiger partial charge in [0.1, 0.15) is 5.15 Å². The molecular weight excluding hydrogens is 228 g/mol. The van der Waals surface area contributed by atoms with Gasteiger partial charge in [0, 0.05) is 17.8 Å². The maximum Gasteiger partial charge on any atom is 0.341 e. The van der Waals surface area contributed by atoms with Gasteiger partial charge in [0.25, 0.3) is 0 Å². The number of rotatable bonds is 2. The van der Waals surface area contributed by atoms with Gasteiger partial charge >= 0.3 is 5.97 Å². The van der Waals surface area contributed by atoms with Gasteiger partial charge in [0.05, 0.1) is 17.7 Å². The zero-order valence-corrected chi connectivity index (χ0v) is 9.36. The van der Waals surface area contributed by atoms with Crippen LogP contribution in [0.2, 0.25) is 5.15 Å². The number of esters is 1. The third-order valence-corrected chi connectivity index (χ3v) is 2.35. The van der Waals surface area contributed by atoms with Crippen LogP contribution in [0.4, 0.5) is 0 Å². The highest BCUT2D eigenvalue weighted by Gasteiger charge is 2.13. The van der Waals surface area contributed by atoms with Crippen LogP contribution in [0.3, 0.4) is 0 Å². The van der Waals surface area contributed by atoms with Gasteiger partial charge in [-0.2, -0.15) is 0 Å². The summed E-state index contributed by atoms with van der Waals surface area (Å²) in [6, 6.07) is 3.37. The highest BCUT2D eigenvalue weighted by atomic mass is 35.5. The Bertz CT molecular complexity index is 542. The first-order valence-electron chi connectivity index (χ1n) is 4.79. The molecule has 0 aliphatic rings. The Morgan fingerprint density at radius 3 is 3.12 bits per heavy atom. The molecule has 0 unspecified atom stereocenters.